The van der Waals surface area contributed by atoms with Crippen molar-refractivity contribution >= 4 is 21.5 Å². The van der Waals surface area contributed by atoms with E-state index in [0.717, 1.165) is 29.3 Å². The minimum atomic E-state index is -0.176. The lowest BCUT2D eigenvalue weighted by atomic mass is 9.90. The Labute approximate surface area is 110 Å². The highest BCUT2D eigenvalue weighted by Gasteiger charge is 2.17. The van der Waals surface area contributed by atoms with Crippen molar-refractivity contribution in [2.45, 2.75) is 25.3 Å². The van der Waals surface area contributed by atoms with Crippen LogP contribution in [0, 0.1) is 5.82 Å². The molecule has 0 unspecified atom stereocenters. The van der Waals surface area contributed by atoms with Crippen molar-refractivity contribution in [2.75, 3.05) is 14.1 Å². The van der Waals surface area contributed by atoms with Gasteiger partial charge in [0.1, 0.15) is 5.82 Å². The zero-order valence-corrected chi connectivity index (χ0v) is 11.8. The maximum atomic E-state index is 13.3. The van der Waals surface area contributed by atoms with E-state index in [1.165, 1.54) is 11.6 Å². The van der Waals surface area contributed by atoms with Crippen LogP contribution in [0.4, 0.5) is 4.39 Å². The second-order valence-corrected chi connectivity index (χ2v) is 5.69. The number of allylic oxidation sites excluding steroid dienone is 1. The van der Waals surface area contributed by atoms with Crippen LogP contribution in [0.3, 0.4) is 0 Å². The highest BCUT2D eigenvalue weighted by atomic mass is 79.9. The van der Waals surface area contributed by atoms with Gasteiger partial charge in [-0.25, -0.2) is 4.39 Å². The van der Waals surface area contributed by atoms with Crippen LogP contribution in [0.25, 0.3) is 5.57 Å². The number of halogens is 2. The molecule has 0 saturated heterocycles. The Morgan fingerprint density at radius 1 is 1.29 bits per heavy atom. The fourth-order valence-corrected chi connectivity index (χ4v) is 2.76. The lowest BCUT2D eigenvalue weighted by Crippen LogP contribution is -2.28. The van der Waals surface area contributed by atoms with Crippen LogP contribution in [0.15, 0.2) is 28.7 Å². The molecule has 0 saturated carbocycles. The van der Waals surface area contributed by atoms with Gasteiger partial charge in [-0.05, 0) is 62.7 Å². The molecular weight excluding hydrogens is 281 g/mol. The van der Waals surface area contributed by atoms with Gasteiger partial charge in [0.25, 0.3) is 0 Å². The Hall–Kier alpha value is -0.670. The average Bonchev–Trinajstić information content (AvgIpc) is 2.28. The molecule has 1 aliphatic carbocycles. The largest absolute Gasteiger partial charge is 0.306 e. The fourth-order valence-electron chi connectivity index (χ4n) is 2.29. The lowest BCUT2D eigenvalue weighted by Gasteiger charge is -2.27. The van der Waals surface area contributed by atoms with Gasteiger partial charge in [-0.2, -0.15) is 0 Å². The number of benzene rings is 1. The van der Waals surface area contributed by atoms with E-state index in [-0.39, 0.29) is 5.82 Å². The molecule has 0 N–H and O–H groups in total. The van der Waals surface area contributed by atoms with Crippen molar-refractivity contribution in [2.24, 2.45) is 0 Å². The highest BCUT2D eigenvalue weighted by molar-refractivity contribution is 9.10. The SMILES string of the molecule is CN(C)[C@@H]1CC=C(c2cc(F)cc(Br)c2)CC1. The molecule has 2 rings (SSSR count). The second kappa shape index (κ2) is 5.32. The number of hydrogen-bond donors (Lipinski definition) is 0. The molecule has 1 aromatic carbocycles. The van der Waals surface area contributed by atoms with Crippen molar-refractivity contribution in [3.8, 4) is 0 Å². The Morgan fingerprint density at radius 2 is 2.06 bits per heavy atom. The number of nitrogens with zero attached hydrogens (tertiary/aromatic N) is 1. The Balaban J connectivity index is 2.19. The molecule has 1 aromatic rings. The number of hydrogen-bond acceptors (Lipinski definition) is 1. The smallest absolute Gasteiger partial charge is 0.124 e. The third-order valence-electron chi connectivity index (χ3n) is 3.35. The summed E-state index contributed by atoms with van der Waals surface area (Å²) in [5.41, 5.74) is 2.28. The fraction of sp³-hybridized carbons (Fsp3) is 0.429. The summed E-state index contributed by atoms with van der Waals surface area (Å²) in [4.78, 5) is 2.26. The molecule has 0 bridgehead atoms. The molecule has 1 aliphatic rings. The average molecular weight is 298 g/mol. The van der Waals surface area contributed by atoms with Gasteiger partial charge in [0, 0.05) is 10.5 Å². The summed E-state index contributed by atoms with van der Waals surface area (Å²) in [6.07, 6.45) is 5.47. The van der Waals surface area contributed by atoms with Crippen LogP contribution >= 0.6 is 15.9 Å². The van der Waals surface area contributed by atoms with Gasteiger partial charge in [-0.1, -0.05) is 22.0 Å². The predicted molar refractivity (Wildman–Crippen MR) is 73.4 cm³/mol. The van der Waals surface area contributed by atoms with Crippen LogP contribution in [-0.4, -0.2) is 25.0 Å². The Kier molecular flexibility index (Phi) is 4.00. The lowest BCUT2D eigenvalue weighted by molar-refractivity contribution is 0.277. The first-order valence-corrected chi connectivity index (χ1v) is 6.67. The van der Waals surface area contributed by atoms with Crippen molar-refractivity contribution in [3.63, 3.8) is 0 Å². The first-order chi connectivity index (χ1) is 8.06. The Morgan fingerprint density at radius 3 is 2.59 bits per heavy atom. The Bertz CT molecular complexity index is 420. The third kappa shape index (κ3) is 3.17. The monoisotopic (exact) mass is 297 g/mol. The minimum absolute atomic E-state index is 0.176. The molecule has 0 radical (unpaired) electrons. The van der Waals surface area contributed by atoms with Crippen LogP contribution in [0.5, 0.6) is 0 Å². The van der Waals surface area contributed by atoms with Crippen LogP contribution < -0.4 is 0 Å². The summed E-state index contributed by atoms with van der Waals surface area (Å²) in [5, 5.41) is 0. The van der Waals surface area contributed by atoms with Crippen molar-refractivity contribution < 1.29 is 4.39 Å². The topological polar surface area (TPSA) is 3.24 Å². The second-order valence-electron chi connectivity index (χ2n) is 4.78. The summed E-state index contributed by atoms with van der Waals surface area (Å²) < 4.78 is 14.1. The van der Waals surface area contributed by atoms with Crippen molar-refractivity contribution in [1.82, 2.24) is 4.90 Å². The van der Waals surface area contributed by atoms with Gasteiger partial charge >= 0.3 is 0 Å². The molecule has 0 amide bonds. The zero-order chi connectivity index (χ0) is 12.4. The molecule has 0 spiro atoms. The molecule has 0 fully saturated rings. The maximum Gasteiger partial charge on any atom is 0.124 e. The van der Waals surface area contributed by atoms with E-state index < -0.39 is 0 Å². The third-order valence-corrected chi connectivity index (χ3v) is 3.80. The van der Waals surface area contributed by atoms with E-state index in [4.69, 9.17) is 0 Å². The summed E-state index contributed by atoms with van der Waals surface area (Å²) in [7, 11) is 4.23. The summed E-state index contributed by atoms with van der Waals surface area (Å²) in [6, 6.07) is 5.73. The van der Waals surface area contributed by atoms with E-state index in [1.807, 2.05) is 6.07 Å². The standard InChI is InChI=1S/C14H17BrFN/c1-17(2)14-5-3-10(4-6-14)11-7-12(15)9-13(16)8-11/h3,7-9,14H,4-6H2,1-2H3/t14-/m1/s1. The first kappa shape index (κ1) is 12.8. The van der Waals surface area contributed by atoms with Crippen LogP contribution in [-0.2, 0) is 0 Å². The normalized spacial score (nSPS) is 20.5. The van der Waals surface area contributed by atoms with Gasteiger partial charge in [0.15, 0.2) is 0 Å². The van der Waals surface area contributed by atoms with E-state index >= 15 is 0 Å². The molecule has 1 nitrogen and oxygen atoms in total. The van der Waals surface area contributed by atoms with Gasteiger partial charge in [0.2, 0.25) is 0 Å². The molecule has 0 aliphatic heterocycles. The quantitative estimate of drug-likeness (QED) is 0.795. The van der Waals surface area contributed by atoms with Crippen LogP contribution in [0.2, 0.25) is 0 Å². The molecule has 92 valence electrons. The summed E-state index contributed by atoms with van der Waals surface area (Å²) in [6.45, 7) is 0. The van der Waals surface area contributed by atoms with Gasteiger partial charge in [-0.15, -0.1) is 0 Å². The predicted octanol–water partition coefficient (Wildman–Crippen LogP) is 4.09. The van der Waals surface area contributed by atoms with E-state index in [1.54, 1.807) is 6.07 Å². The molecule has 0 heterocycles. The first-order valence-electron chi connectivity index (χ1n) is 5.88. The molecule has 17 heavy (non-hydrogen) atoms. The van der Waals surface area contributed by atoms with E-state index in [0.29, 0.717) is 6.04 Å². The van der Waals surface area contributed by atoms with Crippen LogP contribution in [0.1, 0.15) is 24.8 Å². The van der Waals surface area contributed by atoms with Crippen molar-refractivity contribution in [3.05, 3.63) is 40.1 Å². The van der Waals surface area contributed by atoms with Gasteiger partial charge < -0.3 is 4.90 Å². The number of rotatable bonds is 2. The molecule has 3 heteroatoms. The van der Waals surface area contributed by atoms with Gasteiger partial charge in [-0.3, -0.25) is 0 Å². The van der Waals surface area contributed by atoms with Gasteiger partial charge in [0.05, 0.1) is 0 Å². The minimum Gasteiger partial charge on any atom is -0.306 e. The summed E-state index contributed by atoms with van der Waals surface area (Å²) >= 11 is 3.34. The maximum absolute atomic E-state index is 13.3. The van der Waals surface area contributed by atoms with E-state index in [9.17, 15) is 4.39 Å². The zero-order valence-electron chi connectivity index (χ0n) is 10.2. The molecular formula is C14H17BrFN. The van der Waals surface area contributed by atoms with E-state index in [2.05, 4.69) is 41.0 Å². The molecule has 1 atom stereocenters. The highest BCUT2D eigenvalue weighted by Crippen LogP contribution is 2.30. The summed E-state index contributed by atoms with van der Waals surface area (Å²) in [5.74, 6) is -0.176. The molecule has 0 aromatic heterocycles. The van der Waals surface area contributed by atoms with Crippen molar-refractivity contribution in [1.29, 1.82) is 0 Å².